The minimum absolute atomic E-state index is 0.00524. The largest absolute Gasteiger partial charge is 0.349 e. The summed E-state index contributed by atoms with van der Waals surface area (Å²) in [6.45, 7) is 1.27. The third-order valence-corrected chi connectivity index (χ3v) is 4.06. The van der Waals surface area contributed by atoms with Crippen molar-refractivity contribution in [2.45, 2.75) is 25.8 Å². The van der Waals surface area contributed by atoms with E-state index in [1.54, 1.807) is 30.3 Å². The number of nitrogens with one attached hydrogen (secondary N) is 3. The maximum absolute atomic E-state index is 13.6. The molecule has 3 N–H and O–H groups in total. The van der Waals surface area contributed by atoms with E-state index in [-0.39, 0.29) is 11.6 Å². The Balaban J connectivity index is 1.59. The summed E-state index contributed by atoms with van der Waals surface area (Å²) >= 11 is 0. The number of halogens is 1. The maximum Gasteiger partial charge on any atom is 0.251 e. The molecule has 0 aromatic heterocycles. The number of benzene rings is 2. The van der Waals surface area contributed by atoms with E-state index in [0.717, 1.165) is 24.5 Å². The van der Waals surface area contributed by atoms with Crippen molar-refractivity contribution in [1.29, 1.82) is 0 Å². The molecule has 2 aromatic carbocycles. The Morgan fingerprint density at radius 2 is 1.75 bits per heavy atom. The fourth-order valence-electron chi connectivity index (χ4n) is 2.49. The number of hydrogen-bond donors (Lipinski definition) is 3. The predicted molar refractivity (Wildman–Crippen MR) is 105 cm³/mol. The van der Waals surface area contributed by atoms with Gasteiger partial charge in [0, 0.05) is 30.3 Å². The van der Waals surface area contributed by atoms with Crippen molar-refractivity contribution in [2.24, 2.45) is 0 Å². The molecular weight excluding hydrogens is 361 g/mol. The molecule has 3 rings (SSSR count). The fourth-order valence-corrected chi connectivity index (χ4v) is 2.49. The Labute approximate surface area is 161 Å². The molecule has 0 spiro atoms. The van der Waals surface area contributed by atoms with Crippen LogP contribution in [0.4, 0.5) is 15.8 Å². The van der Waals surface area contributed by atoms with E-state index in [2.05, 4.69) is 16.0 Å². The molecule has 1 saturated carbocycles. The molecule has 0 unspecified atom stereocenters. The SMILES string of the molecule is CC(=O)Nc1cc(NC(=O)/C=C/c2ccc(C(=O)NC3CC3)cc2)ccc1F. The van der Waals surface area contributed by atoms with Gasteiger partial charge in [-0.15, -0.1) is 0 Å². The third kappa shape index (κ3) is 5.51. The van der Waals surface area contributed by atoms with Gasteiger partial charge in [-0.2, -0.15) is 0 Å². The van der Waals surface area contributed by atoms with Crippen LogP contribution in [-0.2, 0) is 9.59 Å². The highest BCUT2D eigenvalue weighted by Crippen LogP contribution is 2.20. The van der Waals surface area contributed by atoms with Crippen LogP contribution in [0.2, 0.25) is 0 Å². The molecule has 1 aliphatic carbocycles. The standard InChI is InChI=1S/C21H20FN3O3/c1-13(26)23-19-12-17(9-10-18(19)22)24-20(27)11-4-14-2-5-15(6-3-14)21(28)25-16-7-8-16/h2-6,9-12,16H,7-8H2,1H3,(H,23,26)(H,24,27)(H,25,28)/b11-4+. The van der Waals surface area contributed by atoms with E-state index in [0.29, 0.717) is 17.3 Å². The first-order chi connectivity index (χ1) is 13.4. The number of carbonyl (C=O) groups excluding carboxylic acids is 3. The van der Waals surface area contributed by atoms with Gasteiger partial charge in [-0.3, -0.25) is 14.4 Å². The monoisotopic (exact) mass is 381 g/mol. The molecule has 0 aliphatic heterocycles. The molecule has 6 nitrogen and oxygen atoms in total. The first kappa shape index (κ1) is 19.3. The smallest absolute Gasteiger partial charge is 0.251 e. The summed E-state index contributed by atoms with van der Waals surface area (Å²) in [5.74, 6) is -1.50. The summed E-state index contributed by atoms with van der Waals surface area (Å²) in [4.78, 5) is 35.1. The first-order valence-corrected chi connectivity index (χ1v) is 8.88. The topological polar surface area (TPSA) is 87.3 Å². The van der Waals surface area contributed by atoms with Gasteiger partial charge < -0.3 is 16.0 Å². The first-order valence-electron chi connectivity index (χ1n) is 8.88. The third-order valence-electron chi connectivity index (χ3n) is 4.06. The van der Waals surface area contributed by atoms with E-state index >= 15 is 0 Å². The number of rotatable bonds is 6. The van der Waals surface area contributed by atoms with Crippen LogP contribution < -0.4 is 16.0 Å². The molecule has 3 amide bonds. The molecule has 0 atom stereocenters. The summed E-state index contributed by atoms with van der Waals surface area (Å²) in [5, 5.41) is 7.88. The van der Waals surface area contributed by atoms with Gasteiger partial charge in [-0.25, -0.2) is 4.39 Å². The van der Waals surface area contributed by atoms with Gasteiger partial charge in [-0.1, -0.05) is 12.1 Å². The summed E-state index contributed by atoms with van der Waals surface area (Å²) in [5.41, 5.74) is 1.68. The summed E-state index contributed by atoms with van der Waals surface area (Å²) < 4.78 is 13.6. The average molecular weight is 381 g/mol. The Morgan fingerprint density at radius 1 is 1.04 bits per heavy atom. The van der Waals surface area contributed by atoms with Crippen LogP contribution in [0.15, 0.2) is 48.5 Å². The lowest BCUT2D eigenvalue weighted by Gasteiger charge is -2.07. The van der Waals surface area contributed by atoms with Gasteiger partial charge in [-0.05, 0) is 54.8 Å². The minimum Gasteiger partial charge on any atom is -0.349 e. The van der Waals surface area contributed by atoms with Crippen molar-refractivity contribution >= 4 is 35.2 Å². The van der Waals surface area contributed by atoms with Crippen LogP contribution in [0.25, 0.3) is 6.08 Å². The van der Waals surface area contributed by atoms with Crippen LogP contribution in [0.5, 0.6) is 0 Å². The second-order valence-electron chi connectivity index (χ2n) is 6.57. The van der Waals surface area contributed by atoms with Crippen LogP contribution in [0, 0.1) is 5.82 Å². The highest BCUT2D eigenvalue weighted by atomic mass is 19.1. The Hall–Kier alpha value is -3.48. The van der Waals surface area contributed by atoms with Crippen molar-refractivity contribution in [3.8, 4) is 0 Å². The van der Waals surface area contributed by atoms with E-state index in [9.17, 15) is 18.8 Å². The Morgan fingerprint density at radius 3 is 2.39 bits per heavy atom. The molecular formula is C21H20FN3O3. The van der Waals surface area contributed by atoms with Crippen molar-refractivity contribution in [2.75, 3.05) is 10.6 Å². The zero-order chi connectivity index (χ0) is 20.1. The predicted octanol–water partition coefficient (Wildman–Crippen LogP) is 3.33. The van der Waals surface area contributed by atoms with Crippen molar-refractivity contribution in [3.63, 3.8) is 0 Å². The van der Waals surface area contributed by atoms with Crippen LogP contribution in [0.3, 0.4) is 0 Å². The number of anilines is 2. The molecule has 0 saturated heterocycles. The average Bonchev–Trinajstić information content (AvgIpc) is 3.47. The van der Waals surface area contributed by atoms with Gasteiger partial charge in [0.05, 0.1) is 5.69 Å². The van der Waals surface area contributed by atoms with Gasteiger partial charge in [0.25, 0.3) is 5.91 Å². The van der Waals surface area contributed by atoms with Crippen LogP contribution in [0.1, 0.15) is 35.7 Å². The lowest BCUT2D eigenvalue weighted by atomic mass is 10.1. The summed E-state index contributed by atoms with van der Waals surface area (Å²) in [6.07, 6.45) is 5.00. The Kier molecular flexibility index (Phi) is 5.84. The van der Waals surface area contributed by atoms with Crippen molar-refractivity contribution < 1.29 is 18.8 Å². The van der Waals surface area contributed by atoms with Crippen LogP contribution >= 0.6 is 0 Å². The Bertz CT molecular complexity index is 934. The lowest BCUT2D eigenvalue weighted by molar-refractivity contribution is -0.114. The fraction of sp³-hybridized carbons (Fsp3) is 0.190. The molecule has 144 valence electrons. The highest BCUT2D eigenvalue weighted by molar-refractivity contribution is 6.02. The molecule has 0 radical (unpaired) electrons. The molecule has 2 aromatic rings. The second-order valence-corrected chi connectivity index (χ2v) is 6.57. The lowest BCUT2D eigenvalue weighted by Crippen LogP contribution is -2.25. The van der Waals surface area contributed by atoms with E-state index in [1.165, 1.54) is 25.1 Å². The number of amides is 3. The molecule has 28 heavy (non-hydrogen) atoms. The van der Waals surface area contributed by atoms with Crippen LogP contribution in [-0.4, -0.2) is 23.8 Å². The molecule has 1 fully saturated rings. The number of hydrogen-bond acceptors (Lipinski definition) is 3. The van der Waals surface area contributed by atoms with E-state index < -0.39 is 17.6 Å². The number of carbonyl (C=O) groups is 3. The van der Waals surface area contributed by atoms with Gasteiger partial charge in [0.2, 0.25) is 11.8 Å². The van der Waals surface area contributed by atoms with Crippen molar-refractivity contribution in [3.05, 3.63) is 65.5 Å². The minimum atomic E-state index is -0.588. The van der Waals surface area contributed by atoms with Crippen molar-refractivity contribution in [1.82, 2.24) is 5.32 Å². The van der Waals surface area contributed by atoms with Gasteiger partial charge in [0.15, 0.2) is 0 Å². The molecule has 0 heterocycles. The molecule has 1 aliphatic rings. The molecule has 0 bridgehead atoms. The molecule has 7 heteroatoms. The quantitative estimate of drug-likeness (QED) is 0.671. The summed E-state index contributed by atoms with van der Waals surface area (Å²) in [7, 11) is 0. The highest BCUT2D eigenvalue weighted by Gasteiger charge is 2.23. The van der Waals surface area contributed by atoms with Gasteiger partial charge in [0.1, 0.15) is 5.82 Å². The van der Waals surface area contributed by atoms with E-state index in [1.807, 2.05) is 0 Å². The maximum atomic E-state index is 13.6. The van der Waals surface area contributed by atoms with E-state index in [4.69, 9.17) is 0 Å². The summed E-state index contributed by atoms with van der Waals surface area (Å²) in [6, 6.07) is 11.1. The zero-order valence-corrected chi connectivity index (χ0v) is 15.3. The second kappa shape index (κ2) is 8.47. The van der Waals surface area contributed by atoms with Gasteiger partial charge >= 0.3 is 0 Å². The normalized spacial score (nSPS) is 13.2. The zero-order valence-electron chi connectivity index (χ0n) is 15.3.